The van der Waals surface area contributed by atoms with E-state index in [1.807, 2.05) is 12.1 Å². The summed E-state index contributed by atoms with van der Waals surface area (Å²) >= 11 is 0. The molecule has 0 spiro atoms. The fourth-order valence-corrected chi connectivity index (χ4v) is 0.981. The molecule has 0 aliphatic carbocycles. The molecule has 0 bridgehead atoms. The van der Waals surface area contributed by atoms with Gasteiger partial charge < -0.3 is 15.0 Å². The molecule has 0 saturated carbocycles. The van der Waals surface area contributed by atoms with Crippen LogP contribution in [-0.2, 0) is 0 Å². The van der Waals surface area contributed by atoms with Crippen LogP contribution in [0.1, 0.15) is 0 Å². The topological polar surface area (TPSA) is 86.2 Å². The van der Waals surface area contributed by atoms with Crippen LogP contribution >= 0.6 is 0 Å². The zero-order chi connectivity index (χ0) is 10.4. The number of pyridine rings is 2. The van der Waals surface area contributed by atoms with Gasteiger partial charge in [0.1, 0.15) is 5.65 Å². The summed E-state index contributed by atoms with van der Waals surface area (Å²) in [6.07, 6.45) is 1.65. The van der Waals surface area contributed by atoms with Gasteiger partial charge in [0.2, 0.25) is 5.56 Å². The van der Waals surface area contributed by atoms with Gasteiger partial charge >= 0.3 is 7.69 Å². The summed E-state index contributed by atoms with van der Waals surface area (Å²) in [5.74, 6) is 0. The third kappa shape index (κ3) is 2.68. The van der Waals surface area contributed by atoms with E-state index >= 15 is 0 Å². The molecule has 5 nitrogen and oxygen atoms in total. The Balaban J connectivity index is 0.000000293. The highest BCUT2D eigenvalue weighted by Gasteiger charge is 1.90. The van der Waals surface area contributed by atoms with Gasteiger partial charge in [-0.1, -0.05) is 0 Å². The van der Waals surface area contributed by atoms with Crippen LogP contribution in [0.3, 0.4) is 0 Å². The minimum atomic E-state index is -0.115. The lowest BCUT2D eigenvalue weighted by Gasteiger charge is -1.92. The van der Waals surface area contributed by atoms with Crippen molar-refractivity contribution in [1.29, 1.82) is 0 Å². The molecule has 0 fully saturated rings. The lowest BCUT2D eigenvalue weighted by atomic mass is 10.3. The molecular weight excluding hydrogens is 183 g/mol. The van der Waals surface area contributed by atoms with Gasteiger partial charge in [0.15, 0.2) is 0 Å². The fourth-order valence-electron chi connectivity index (χ4n) is 0.981. The van der Waals surface area contributed by atoms with Gasteiger partial charge in [-0.25, -0.2) is 4.98 Å². The molecule has 14 heavy (non-hydrogen) atoms. The molecule has 0 unspecified atom stereocenters. The molecule has 0 aliphatic heterocycles. The second-order valence-electron chi connectivity index (χ2n) is 2.38. The molecule has 3 N–H and O–H groups in total. The van der Waals surface area contributed by atoms with Crippen molar-refractivity contribution in [3.05, 3.63) is 40.8 Å². The third-order valence-electron chi connectivity index (χ3n) is 1.49. The van der Waals surface area contributed by atoms with Crippen LogP contribution in [0.5, 0.6) is 0 Å². The summed E-state index contributed by atoms with van der Waals surface area (Å²) in [5.41, 5.74) is 0.524. The SMILES string of the molecule is O=c1ccc2cccnc2[nH]1.O[B]O. The zero-order valence-corrected chi connectivity index (χ0v) is 7.21. The second-order valence-corrected chi connectivity index (χ2v) is 2.38. The van der Waals surface area contributed by atoms with Crippen molar-refractivity contribution in [2.75, 3.05) is 0 Å². The van der Waals surface area contributed by atoms with E-state index in [1.54, 1.807) is 12.3 Å². The maximum absolute atomic E-state index is 10.8. The highest BCUT2D eigenvalue weighted by atomic mass is 16.4. The largest absolute Gasteiger partial charge is 0.482 e. The number of fused-ring (bicyclic) bond motifs is 1. The first kappa shape index (κ1) is 10.4. The third-order valence-corrected chi connectivity index (χ3v) is 1.49. The highest BCUT2D eigenvalue weighted by molar-refractivity contribution is 6.13. The predicted molar refractivity (Wildman–Crippen MR) is 52.6 cm³/mol. The molecule has 0 saturated heterocycles. The first-order valence-electron chi connectivity index (χ1n) is 3.82. The Hall–Kier alpha value is -1.66. The first-order chi connectivity index (χ1) is 6.77. The molecule has 2 heterocycles. The number of nitrogens with one attached hydrogen (secondary N) is 1. The van der Waals surface area contributed by atoms with Gasteiger partial charge in [-0.3, -0.25) is 4.79 Å². The molecular formula is C8H8BN2O3. The van der Waals surface area contributed by atoms with Crippen LogP contribution in [0.2, 0.25) is 0 Å². The Labute approximate surface area is 80.4 Å². The van der Waals surface area contributed by atoms with E-state index in [0.717, 1.165) is 5.39 Å². The van der Waals surface area contributed by atoms with Crippen LogP contribution in [0.4, 0.5) is 0 Å². The Bertz CT molecular complexity index is 457. The normalized spacial score (nSPS) is 9.00. The van der Waals surface area contributed by atoms with E-state index in [4.69, 9.17) is 10.0 Å². The molecule has 0 amide bonds. The average Bonchev–Trinajstić information content (AvgIpc) is 2.19. The number of hydrogen-bond donors (Lipinski definition) is 3. The second kappa shape index (κ2) is 5.16. The maximum Gasteiger partial charge on any atom is 0.482 e. The lowest BCUT2D eigenvalue weighted by molar-refractivity contribution is 0.448. The highest BCUT2D eigenvalue weighted by Crippen LogP contribution is 2.02. The number of aromatic nitrogens is 2. The number of H-pyrrole nitrogens is 1. The van der Waals surface area contributed by atoms with Crippen molar-refractivity contribution in [1.82, 2.24) is 9.97 Å². The maximum atomic E-state index is 10.8. The van der Waals surface area contributed by atoms with Gasteiger partial charge in [0.05, 0.1) is 0 Å². The van der Waals surface area contributed by atoms with Crippen molar-refractivity contribution >= 4 is 18.7 Å². The van der Waals surface area contributed by atoms with E-state index in [2.05, 4.69) is 9.97 Å². The summed E-state index contributed by atoms with van der Waals surface area (Å²) in [4.78, 5) is 17.4. The molecule has 2 aromatic heterocycles. The van der Waals surface area contributed by atoms with Crippen LogP contribution in [0.25, 0.3) is 11.0 Å². The summed E-state index contributed by atoms with van der Waals surface area (Å²) in [6.45, 7) is 0. The van der Waals surface area contributed by atoms with E-state index in [9.17, 15) is 4.79 Å². The van der Waals surface area contributed by atoms with Crippen molar-refractivity contribution in [3.8, 4) is 0 Å². The number of nitrogens with zero attached hydrogens (tertiary/aromatic N) is 1. The zero-order valence-electron chi connectivity index (χ0n) is 7.21. The molecule has 1 radical (unpaired) electrons. The predicted octanol–water partition coefficient (Wildman–Crippen LogP) is -0.572. The Kier molecular flexibility index (Phi) is 3.84. The van der Waals surface area contributed by atoms with Crippen LogP contribution < -0.4 is 5.56 Å². The fraction of sp³-hybridized carbons (Fsp3) is 0. The Morgan fingerprint density at radius 1 is 1.29 bits per heavy atom. The van der Waals surface area contributed by atoms with E-state index in [1.165, 1.54) is 6.07 Å². The number of aromatic amines is 1. The monoisotopic (exact) mass is 191 g/mol. The van der Waals surface area contributed by atoms with Gasteiger partial charge in [-0.15, -0.1) is 0 Å². The smallest absolute Gasteiger partial charge is 0.429 e. The summed E-state index contributed by atoms with van der Waals surface area (Å²) < 4.78 is 0. The van der Waals surface area contributed by atoms with Crippen LogP contribution in [-0.4, -0.2) is 27.7 Å². The van der Waals surface area contributed by atoms with Gasteiger partial charge in [0, 0.05) is 17.6 Å². The minimum Gasteiger partial charge on any atom is -0.429 e. The molecule has 2 aromatic rings. The average molecular weight is 191 g/mol. The van der Waals surface area contributed by atoms with E-state index < -0.39 is 0 Å². The number of hydrogen-bond acceptors (Lipinski definition) is 4. The molecule has 0 atom stereocenters. The molecule has 0 aliphatic rings. The Morgan fingerprint density at radius 3 is 2.71 bits per heavy atom. The molecule has 2 rings (SSSR count). The molecule has 71 valence electrons. The van der Waals surface area contributed by atoms with Crippen molar-refractivity contribution in [2.24, 2.45) is 0 Å². The summed E-state index contributed by atoms with van der Waals surface area (Å²) in [5, 5.41) is 15.0. The van der Waals surface area contributed by atoms with Gasteiger partial charge in [0.25, 0.3) is 0 Å². The standard InChI is InChI=1S/C8H6N2O.BH2O2/c11-7-4-3-6-2-1-5-9-8(6)10-7;2-1-3/h1-5H,(H,9,10,11);2-3H. The molecule has 6 heteroatoms. The van der Waals surface area contributed by atoms with E-state index in [0.29, 0.717) is 5.65 Å². The summed E-state index contributed by atoms with van der Waals surface area (Å²) in [6, 6.07) is 6.98. The van der Waals surface area contributed by atoms with Crippen molar-refractivity contribution in [2.45, 2.75) is 0 Å². The van der Waals surface area contributed by atoms with Gasteiger partial charge in [-0.2, -0.15) is 0 Å². The minimum absolute atomic E-state index is 0. The number of rotatable bonds is 0. The lowest BCUT2D eigenvalue weighted by Crippen LogP contribution is -2.02. The van der Waals surface area contributed by atoms with Gasteiger partial charge in [-0.05, 0) is 18.2 Å². The first-order valence-corrected chi connectivity index (χ1v) is 3.82. The van der Waals surface area contributed by atoms with Crippen molar-refractivity contribution in [3.63, 3.8) is 0 Å². The van der Waals surface area contributed by atoms with Crippen LogP contribution in [0.15, 0.2) is 35.3 Å². The van der Waals surface area contributed by atoms with E-state index in [-0.39, 0.29) is 13.2 Å². The quantitative estimate of drug-likeness (QED) is 0.486. The Morgan fingerprint density at radius 2 is 2.00 bits per heavy atom. The summed E-state index contributed by atoms with van der Waals surface area (Å²) in [7, 11) is 0. The van der Waals surface area contributed by atoms with Crippen molar-refractivity contribution < 1.29 is 10.0 Å². The van der Waals surface area contributed by atoms with Crippen LogP contribution in [0, 0.1) is 0 Å². The molecule has 0 aromatic carbocycles.